The summed E-state index contributed by atoms with van der Waals surface area (Å²) in [5, 5.41) is 13.1. The number of para-hydroxylation sites is 1. The Morgan fingerprint density at radius 3 is 2.76 bits per heavy atom. The first-order valence-corrected chi connectivity index (χ1v) is 5.58. The van der Waals surface area contributed by atoms with Gasteiger partial charge in [-0.3, -0.25) is 4.79 Å². The number of rotatable bonds is 3. The summed E-state index contributed by atoms with van der Waals surface area (Å²) in [5.41, 5.74) is 2.01. The van der Waals surface area contributed by atoms with Crippen molar-refractivity contribution in [3.63, 3.8) is 0 Å². The van der Waals surface area contributed by atoms with Crippen LogP contribution in [0.4, 0.5) is 0 Å². The molecule has 0 amide bonds. The van der Waals surface area contributed by atoms with E-state index in [1.165, 1.54) is 0 Å². The Hall–Kier alpha value is -2.10. The van der Waals surface area contributed by atoms with Crippen LogP contribution in [0.15, 0.2) is 42.7 Å². The van der Waals surface area contributed by atoms with Crippen LogP contribution in [-0.2, 0) is 4.79 Å². The molecular formula is C13H12N2O2. The molecule has 1 aromatic carbocycles. The molecule has 1 N–H and O–H groups in total. The molecule has 1 heterocycles. The lowest BCUT2D eigenvalue weighted by molar-refractivity contribution is -0.138. The maximum Gasteiger partial charge on any atom is 0.307 e. The van der Waals surface area contributed by atoms with Crippen LogP contribution in [0.3, 0.4) is 0 Å². The third-order valence-electron chi connectivity index (χ3n) is 3.16. The van der Waals surface area contributed by atoms with E-state index in [1.54, 1.807) is 10.9 Å². The second kappa shape index (κ2) is 3.73. The van der Waals surface area contributed by atoms with Crippen molar-refractivity contribution in [3.8, 4) is 5.69 Å². The number of aliphatic carboxylic acids is 1. The molecule has 0 saturated heterocycles. The Morgan fingerprint density at radius 2 is 2.12 bits per heavy atom. The third-order valence-corrected chi connectivity index (χ3v) is 3.16. The Bertz CT molecular complexity index is 548. The third kappa shape index (κ3) is 1.82. The van der Waals surface area contributed by atoms with Crippen LogP contribution < -0.4 is 0 Å². The van der Waals surface area contributed by atoms with Crippen LogP contribution >= 0.6 is 0 Å². The average molecular weight is 228 g/mol. The van der Waals surface area contributed by atoms with Gasteiger partial charge >= 0.3 is 5.97 Å². The summed E-state index contributed by atoms with van der Waals surface area (Å²) < 4.78 is 1.78. The molecule has 86 valence electrons. The van der Waals surface area contributed by atoms with Crippen molar-refractivity contribution in [1.29, 1.82) is 0 Å². The van der Waals surface area contributed by atoms with Gasteiger partial charge in [0, 0.05) is 12.1 Å². The van der Waals surface area contributed by atoms with Gasteiger partial charge in [0.1, 0.15) is 0 Å². The first kappa shape index (κ1) is 10.1. The van der Waals surface area contributed by atoms with Gasteiger partial charge in [-0.25, -0.2) is 4.68 Å². The highest BCUT2D eigenvalue weighted by atomic mass is 16.4. The molecule has 1 fully saturated rings. The minimum Gasteiger partial charge on any atom is -0.481 e. The number of benzene rings is 1. The molecule has 4 nitrogen and oxygen atoms in total. The summed E-state index contributed by atoms with van der Waals surface area (Å²) in [4.78, 5) is 10.8. The maximum atomic E-state index is 10.8. The Labute approximate surface area is 98.5 Å². The van der Waals surface area contributed by atoms with Crippen LogP contribution in [0, 0.1) is 5.92 Å². The van der Waals surface area contributed by atoms with E-state index in [0.29, 0.717) is 0 Å². The van der Waals surface area contributed by atoms with Crippen molar-refractivity contribution in [2.45, 2.75) is 12.3 Å². The number of hydrogen-bond donors (Lipinski definition) is 1. The van der Waals surface area contributed by atoms with Crippen LogP contribution in [-0.4, -0.2) is 20.9 Å². The predicted octanol–water partition coefficient (Wildman–Crippen LogP) is 2.06. The van der Waals surface area contributed by atoms with Crippen molar-refractivity contribution in [1.82, 2.24) is 9.78 Å². The zero-order chi connectivity index (χ0) is 11.8. The van der Waals surface area contributed by atoms with E-state index in [2.05, 4.69) is 5.10 Å². The second-order valence-corrected chi connectivity index (χ2v) is 4.34. The maximum absolute atomic E-state index is 10.8. The van der Waals surface area contributed by atoms with Gasteiger partial charge in [0.2, 0.25) is 0 Å². The highest BCUT2D eigenvalue weighted by Crippen LogP contribution is 2.47. The fourth-order valence-corrected chi connectivity index (χ4v) is 2.09. The summed E-state index contributed by atoms with van der Waals surface area (Å²) in [6.07, 6.45) is 4.42. The van der Waals surface area contributed by atoms with E-state index in [0.717, 1.165) is 17.7 Å². The number of carbonyl (C=O) groups is 1. The molecule has 17 heavy (non-hydrogen) atoms. The van der Waals surface area contributed by atoms with E-state index in [1.807, 2.05) is 36.5 Å². The van der Waals surface area contributed by atoms with Crippen molar-refractivity contribution in [2.75, 3.05) is 0 Å². The molecule has 2 aromatic rings. The lowest BCUT2D eigenvalue weighted by Gasteiger charge is -1.98. The SMILES string of the molecule is O=C(O)[C@@H]1C[C@H]1c1cnn(-c2ccccc2)c1. The fraction of sp³-hybridized carbons (Fsp3) is 0.231. The molecule has 1 aliphatic rings. The zero-order valence-electron chi connectivity index (χ0n) is 9.15. The van der Waals surface area contributed by atoms with Crippen LogP contribution in [0.1, 0.15) is 17.9 Å². The molecule has 4 heteroatoms. The molecule has 0 spiro atoms. The monoisotopic (exact) mass is 228 g/mol. The number of carboxylic acid groups (broad SMARTS) is 1. The van der Waals surface area contributed by atoms with Gasteiger partial charge in [0.25, 0.3) is 0 Å². The van der Waals surface area contributed by atoms with E-state index in [9.17, 15) is 4.79 Å². The number of nitrogens with zero attached hydrogens (tertiary/aromatic N) is 2. The van der Waals surface area contributed by atoms with Crippen LogP contribution in [0.5, 0.6) is 0 Å². The normalized spacial score (nSPS) is 22.4. The van der Waals surface area contributed by atoms with Gasteiger partial charge in [0.15, 0.2) is 0 Å². The average Bonchev–Trinajstić information content (AvgIpc) is 3.01. The summed E-state index contributed by atoms with van der Waals surface area (Å²) in [7, 11) is 0. The van der Waals surface area contributed by atoms with E-state index >= 15 is 0 Å². The summed E-state index contributed by atoms with van der Waals surface area (Å²) >= 11 is 0. The highest BCUT2D eigenvalue weighted by Gasteiger charge is 2.44. The Morgan fingerprint density at radius 1 is 1.35 bits per heavy atom. The summed E-state index contributed by atoms with van der Waals surface area (Å²) in [5.74, 6) is -0.782. The molecule has 1 saturated carbocycles. The van der Waals surface area contributed by atoms with Crippen LogP contribution in [0.25, 0.3) is 5.69 Å². The highest BCUT2D eigenvalue weighted by molar-refractivity contribution is 5.75. The predicted molar refractivity (Wildman–Crippen MR) is 62.0 cm³/mol. The first-order valence-electron chi connectivity index (χ1n) is 5.58. The fourth-order valence-electron chi connectivity index (χ4n) is 2.09. The minimum absolute atomic E-state index is 0.143. The number of hydrogen-bond acceptors (Lipinski definition) is 2. The molecule has 1 aliphatic carbocycles. The molecule has 1 aromatic heterocycles. The minimum atomic E-state index is -0.706. The molecule has 0 radical (unpaired) electrons. The van der Waals surface area contributed by atoms with Crippen LogP contribution in [0.2, 0.25) is 0 Å². The lowest BCUT2D eigenvalue weighted by atomic mass is 10.2. The smallest absolute Gasteiger partial charge is 0.307 e. The lowest BCUT2D eigenvalue weighted by Crippen LogP contribution is -1.98. The van der Waals surface area contributed by atoms with Gasteiger partial charge in [-0.2, -0.15) is 5.10 Å². The van der Waals surface area contributed by atoms with Crippen molar-refractivity contribution >= 4 is 5.97 Å². The van der Waals surface area contributed by atoms with E-state index in [-0.39, 0.29) is 11.8 Å². The van der Waals surface area contributed by atoms with Gasteiger partial charge in [0.05, 0.1) is 17.8 Å². The standard InChI is InChI=1S/C13H12N2O2/c16-13(17)12-6-11(12)9-7-14-15(8-9)10-4-2-1-3-5-10/h1-5,7-8,11-12H,6H2,(H,16,17)/t11-,12+/m0/s1. The van der Waals surface area contributed by atoms with Gasteiger partial charge in [-0.15, -0.1) is 0 Å². The quantitative estimate of drug-likeness (QED) is 0.874. The van der Waals surface area contributed by atoms with Gasteiger partial charge in [-0.1, -0.05) is 18.2 Å². The summed E-state index contributed by atoms with van der Waals surface area (Å²) in [6, 6.07) is 9.80. The molecule has 0 unspecified atom stereocenters. The second-order valence-electron chi connectivity index (χ2n) is 4.34. The summed E-state index contributed by atoms with van der Waals surface area (Å²) in [6.45, 7) is 0. The molecule has 0 bridgehead atoms. The number of carboxylic acids is 1. The molecule has 2 atom stereocenters. The number of aromatic nitrogens is 2. The van der Waals surface area contributed by atoms with E-state index < -0.39 is 5.97 Å². The molecular weight excluding hydrogens is 216 g/mol. The van der Waals surface area contributed by atoms with Crippen molar-refractivity contribution < 1.29 is 9.90 Å². The van der Waals surface area contributed by atoms with E-state index in [4.69, 9.17) is 5.11 Å². The first-order chi connectivity index (χ1) is 8.25. The van der Waals surface area contributed by atoms with Gasteiger partial charge in [-0.05, 0) is 24.1 Å². The van der Waals surface area contributed by atoms with Crippen molar-refractivity contribution in [2.24, 2.45) is 5.92 Å². The van der Waals surface area contributed by atoms with Crippen molar-refractivity contribution in [3.05, 3.63) is 48.3 Å². The van der Waals surface area contributed by atoms with Gasteiger partial charge < -0.3 is 5.11 Å². The largest absolute Gasteiger partial charge is 0.481 e. The molecule has 3 rings (SSSR count). The Kier molecular flexibility index (Phi) is 2.21. The zero-order valence-corrected chi connectivity index (χ0v) is 9.15. The Balaban J connectivity index is 1.83. The molecule has 0 aliphatic heterocycles. The topological polar surface area (TPSA) is 55.1 Å².